The number of fused-ring (bicyclic) bond motifs is 1. The minimum Gasteiger partial charge on any atom is -0.467 e. The molecule has 0 aliphatic carbocycles. The highest BCUT2D eigenvalue weighted by Gasteiger charge is 2.30. The molecule has 0 saturated heterocycles. The van der Waals surface area contributed by atoms with Gasteiger partial charge in [0.1, 0.15) is 11.8 Å². The van der Waals surface area contributed by atoms with E-state index in [1.807, 2.05) is 19.1 Å². The van der Waals surface area contributed by atoms with Crippen LogP contribution >= 0.6 is 0 Å². The Morgan fingerprint density at radius 1 is 1.09 bits per heavy atom. The standard InChI is InChI=1S/C23H23N3O5S/c1-15-5-2-3-6-17(15)13-32(29,30)14-21-23(28)26-20-11-16(8-9-19(20)25-21)22(27)24-12-18-7-4-10-31-18/h2-11,21,25H,12-14H2,1H3,(H,24,27)(H,26,28)/t21-/m0/s1. The van der Waals surface area contributed by atoms with Crippen molar-refractivity contribution < 1.29 is 22.4 Å². The number of furan rings is 1. The highest BCUT2D eigenvalue weighted by molar-refractivity contribution is 7.90. The molecule has 166 valence electrons. The maximum Gasteiger partial charge on any atom is 0.251 e. The molecular weight excluding hydrogens is 430 g/mol. The molecule has 8 nitrogen and oxygen atoms in total. The first-order valence-electron chi connectivity index (χ1n) is 10.1. The summed E-state index contributed by atoms with van der Waals surface area (Å²) in [6.45, 7) is 2.10. The first kappa shape index (κ1) is 21.6. The Hall–Kier alpha value is -3.59. The maximum absolute atomic E-state index is 12.7. The first-order chi connectivity index (χ1) is 15.3. The van der Waals surface area contributed by atoms with Crippen molar-refractivity contribution in [1.29, 1.82) is 0 Å². The third-order valence-electron chi connectivity index (χ3n) is 5.25. The Balaban J connectivity index is 1.42. The monoisotopic (exact) mass is 453 g/mol. The highest BCUT2D eigenvalue weighted by Crippen LogP contribution is 2.28. The predicted octanol–water partition coefficient (Wildman–Crippen LogP) is 2.87. The molecule has 1 atom stereocenters. The van der Waals surface area contributed by atoms with E-state index in [-0.39, 0.29) is 24.0 Å². The average molecular weight is 454 g/mol. The predicted molar refractivity (Wildman–Crippen MR) is 121 cm³/mol. The molecule has 0 bridgehead atoms. The quantitative estimate of drug-likeness (QED) is 0.506. The van der Waals surface area contributed by atoms with Gasteiger partial charge in [0.15, 0.2) is 9.84 Å². The Morgan fingerprint density at radius 2 is 1.91 bits per heavy atom. The van der Waals surface area contributed by atoms with Gasteiger partial charge >= 0.3 is 0 Å². The van der Waals surface area contributed by atoms with Gasteiger partial charge in [0.25, 0.3) is 5.91 Å². The zero-order valence-corrected chi connectivity index (χ0v) is 18.2. The third kappa shape index (κ3) is 5.00. The Morgan fingerprint density at radius 3 is 2.66 bits per heavy atom. The van der Waals surface area contributed by atoms with E-state index < -0.39 is 21.8 Å². The van der Waals surface area contributed by atoms with Crippen LogP contribution in [-0.2, 0) is 26.9 Å². The van der Waals surface area contributed by atoms with Crippen LogP contribution in [0.25, 0.3) is 0 Å². The number of hydrogen-bond acceptors (Lipinski definition) is 6. The van der Waals surface area contributed by atoms with Gasteiger partial charge in [0.05, 0.1) is 35.7 Å². The summed E-state index contributed by atoms with van der Waals surface area (Å²) < 4.78 is 30.6. The molecule has 1 aromatic heterocycles. The Bertz CT molecular complexity index is 1250. The molecule has 32 heavy (non-hydrogen) atoms. The molecule has 9 heteroatoms. The number of benzene rings is 2. The van der Waals surface area contributed by atoms with Crippen molar-refractivity contribution in [2.75, 3.05) is 16.4 Å². The maximum atomic E-state index is 12.7. The molecule has 0 radical (unpaired) electrons. The number of carbonyl (C=O) groups excluding carboxylic acids is 2. The molecular formula is C23H23N3O5S. The Kier molecular flexibility index (Phi) is 6.00. The van der Waals surface area contributed by atoms with E-state index in [0.717, 1.165) is 5.56 Å². The lowest BCUT2D eigenvalue weighted by atomic mass is 10.1. The van der Waals surface area contributed by atoms with Crippen LogP contribution in [0.3, 0.4) is 0 Å². The lowest BCUT2D eigenvalue weighted by molar-refractivity contribution is -0.116. The fourth-order valence-corrected chi connectivity index (χ4v) is 5.17. The van der Waals surface area contributed by atoms with Crippen LogP contribution in [0.15, 0.2) is 65.3 Å². The van der Waals surface area contributed by atoms with Gasteiger partial charge in [0.2, 0.25) is 5.91 Å². The second-order valence-corrected chi connectivity index (χ2v) is 9.80. The minimum atomic E-state index is -3.54. The SMILES string of the molecule is Cc1ccccc1CS(=O)(=O)C[C@@H]1Nc2ccc(C(=O)NCc3ccco3)cc2NC1=O. The topological polar surface area (TPSA) is 118 Å². The number of hydrogen-bond donors (Lipinski definition) is 3. The molecule has 3 N–H and O–H groups in total. The molecule has 1 aliphatic rings. The highest BCUT2D eigenvalue weighted by atomic mass is 32.2. The molecule has 3 aromatic rings. The normalized spacial score (nSPS) is 15.4. The number of sulfone groups is 1. The van der Waals surface area contributed by atoms with Crippen molar-refractivity contribution in [3.05, 3.63) is 83.3 Å². The van der Waals surface area contributed by atoms with E-state index >= 15 is 0 Å². The molecule has 0 saturated carbocycles. The van der Waals surface area contributed by atoms with Crippen molar-refractivity contribution in [1.82, 2.24) is 5.32 Å². The van der Waals surface area contributed by atoms with Crippen molar-refractivity contribution in [3.8, 4) is 0 Å². The lowest BCUT2D eigenvalue weighted by Crippen LogP contribution is -2.43. The number of anilines is 2. The van der Waals surface area contributed by atoms with Gasteiger partial charge in [-0.2, -0.15) is 0 Å². The van der Waals surface area contributed by atoms with Crippen LogP contribution in [0.2, 0.25) is 0 Å². The molecule has 0 spiro atoms. The second-order valence-electron chi connectivity index (χ2n) is 7.69. The summed E-state index contributed by atoms with van der Waals surface area (Å²) in [5.74, 6) is -0.619. The summed E-state index contributed by atoms with van der Waals surface area (Å²) in [5.41, 5.74) is 2.95. The first-order valence-corrected chi connectivity index (χ1v) is 11.9. The van der Waals surface area contributed by atoms with Crippen molar-refractivity contribution in [3.63, 3.8) is 0 Å². The summed E-state index contributed by atoms with van der Waals surface area (Å²) in [7, 11) is -3.54. The molecule has 2 heterocycles. The smallest absolute Gasteiger partial charge is 0.251 e. The van der Waals surface area contributed by atoms with Crippen LogP contribution in [0.5, 0.6) is 0 Å². The van der Waals surface area contributed by atoms with E-state index in [1.54, 1.807) is 42.5 Å². The zero-order valence-electron chi connectivity index (χ0n) is 17.4. The zero-order chi connectivity index (χ0) is 22.7. The average Bonchev–Trinajstić information content (AvgIpc) is 3.27. The molecule has 2 amide bonds. The number of aryl methyl sites for hydroxylation is 1. The van der Waals surface area contributed by atoms with Crippen molar-refractivity contribution in [2.45, 2.75) is 25.3 Å². The second kappa shape index (κ2) is 8.88. The van der Waals surface area contributed by atoms with Gasteiger partial charge in [-0.1, -0.05) is 24.3 Å². The number of nitrogens with one attached hydrogen (secondary N) is 3. The van der Waals surface area contributed by atoms with Gasteiger partial charge in [-0.15, -0.1) is 0 Å². The van der Waals surface area contributed by atoms with E-state index in [2.05, 4.69) is 16.0 Å². The summed E-state index contributed by atoms with van der Waals surface area (Å²) in [6.07, 6.45) is 1.53. The number of rotatable bonds is 7. The van der Waals surface area contributed by atoms with Gasteiger partial charge in [0, 0.05) is 5.56 Å². The fraction of sp³-hybridized carbons (Fsp3) is 0.217. The summed E-state index contributed by atoms with van der Waals surface area (Å²) in [4.78, 5) is 25.0. The van der Waals surface area contributed by atoms with Crippen LogP contribution in [0.4, 0.5) is 11.4 Å². The van der Waals surface area contributed by atoms with Gasteiger partial charge in [-0.05, 0) is 48.4 Å². The van der Waals surface area contributed by atoms with Gasteiger partial charge in [-0.25, -0.2) is 8.42 Å². The molecule has 1 aliphatic heterocycles. The van der Waals surface area contributed by atoms with Crippen LogP contribution in [-0.4, -0.2) is 32.0 Å². The summed E-state index contributed by atoms with van der Waals surface area (Å²) in [5, 5.41) is 8.44. The molecule has 2 aromatic carbocycles. The lowest BCUT2D eigenvalue weighted by Gasteiger charge is -2.27. The summed E-state index contributed by atoms with van der Waals surface area (Å²) in [6, 6.07) is 14.7. The molecule has 0 unspecified atom stereocenters. The van der Waals surface area contributed by atoms with E-state index in [4.69, 9.17) is 4.42 Å². The van der Waals surface area contributed by atoms with E-state index in [0.29, 0.717) is 28.3 Å². The van der Waals surface area contributed by atoms with Crippen LogP contribution in [0, 0.1) is 6.92 Å². The largest absolute Gasteiger partial charge is 0.467 e. The van der Waals surface area contributed by atoms with Crippen LogP contribution < -0.4 is 16.0 Å². The van der Waals surface area contributed by atoms with Crippen molar-refractivity contribution in [2.24, 2.45) is 0 Å². The summed E-state index contributed by atoms with van der Waals surface area (Å²) >= 11 is 0. The van der Waals surface area contributed by atoms with Gasteiger partial charge < -0.3 is 20.4 Å². The van der Waals surface area contributed by atoms with E-state index in [1.165, 1.54) is 6.26 Å². The van der Waals surface area contributed by atoms with E-state index in [9.17, 15) is 18.0 Å². The third-order valence-corrected chi connectivity index (χ3v) is 6.84. The number of carbonyl (C=O) groups is 2. The van der Waals surface area contributed by atoms with Gasteiger partial charge in [-0.3, -0.25) is 9.59 Å². The Labute approximate surface area is 185 Å². The molecule has 4 rings (SSSR count). The van der Waals surface area contributed by atoms with Crippen LogP contribution in [0.1, 0.15) is 27.2 Å². The van der Waals surface area contributed by atoms with Crippen molar-refractivity contribution >= 4 is 33.0 Å². The molecule has 0 fully saturated rings. The fourth-order valence-electron chi connectivity index (χ4n) is 3.51. The minimum absolute atomic E-state index is 0.132. The number of amides is 2.